The van der Waals surface area contributed by atoms with E-state index in [9.17, 15) is 0 Å². The largest absolute Gasteiger partial charge is 0.455 e. The fourth-order valence-corrected chi connectivity index (χ4v) is 11.8. The van der Waals surface area contributed by atoms with Crippen LogP contribution >= 0.6 is 11.3 Å². The zero-order valence-corrected chi connectivity index (χ0v) is 35.8. The molecule has 3 aromatic heterocycles. The topological polar surface area (TPSA) is 26.3 Å². The molecule has 0 amide bonds. The Bertz CT molecular complexity index is 4150. The van der Waals surface area contributed by atoms with Crippen molar-refractivity contribution in [2.75, 3.05) is 0 Å². The van der Waals surface area contributed by atoms with E-state index in [4.69, 9.17) is 8.83 Å². The standard InChI is InChI=1S/C62H36O2S/c1-3-14-37(15-4-1)38-26-28-41(29-27-38)62-58(40-17-5-2-6-18-40)53-35-52-48-24-13-25-50(61(48)64-55(52)36-56(53)65-62)59-46-22-11-9-20-44(46)57(45-21-10-12-23-47(45)59)42-31-33-54-51(34-42)49-32-30-39-16-7-8-19-43(39)60(49)63-54/h1-36H. The second-order valence-electron chi connectivity index (χ2n) is 17.1. The van der Waals surface area contributed by atoms with Crippen LogP contribution in [0.3, 0.4) is 0 Å². The molecule has 0 N–H and O–H groups in total. The molecule has 302 valence electrons. The molecular weight excluding hydrogens is 809 g/mol. The number of fused-ring (bicyclic) bond motifs is 11. The molecule has 2 nitrogen and oxygen atoms in total. The van der Waals surface area contributed by atoms with Crippen molar-refractivity contribution >= 4 is 97.6 Å². The first-order valence-electron chi connectivity index (χ1n) is 22.1. The first-order valence-corrected chi connectivity index (χ1v) is 23.0. The summed E-state index contributed by atoms with van der Waals surface area (Å²) in [6.07, 6.45) is 0. The lowest BCUT2D eigenvalue weighted by Gasteiger charge is -2.18. The van der Waals surface area contributed by atoms with Crippen molar-refractivity contribution < 1.29 is 8.83 Å². The van der Waals surface area contributed by atoms with E-state index in [1.165, 1.54) is 80.8 Å². The van der Waals surface area contributed by atoms with Crippen molar-refractivity contribution in [3.05, 3.63) is 218 Å². The Morgan fingerprint density at radius 3 is 1.57 bits per heavy atom. The molecule has 0 aliphatic heterocycles. The molecular formula is C62H36O2S. The zero-order valence-electron chi connectivity index (χ0n) is 35.0. The summed E-state index contributed by atoms with van der Waals surface area (Å²) in [4.78, 5) is 1.26. The predicted octanol–water partition coefficient (Wildman–Crippen LogP) is 18.5. The first kappa shape index (κ1) is 36.3. The summed E-state index contributed by atoms with van der Waals surface area (Å²) >= 11 is 1.84. The van der Waals surface area contributed by atoms with Gasteiger partial charge in [-0.3, -0.25) is 0 Å². The molecule has 14 rings (SSSR count). The highest BCUT2D eigenvalue weighted by atomic mass is 32.1. The van der Waals surface area contributed by atoms with Crippen LogP contribution in [0.5, 0.6) is 0 Å². The van der Waals surface area contributed by atoms with Crippen molar-refractivity contribution in [3.8, 4) is 54.9 Å². The van der Waals surface area contributed by atoms with Gasteiger partial charge in [0.25, 0.3) is 0 Å². The van der Waals surface area contributed by atoms with E-state index in [1.807, 2.05) is 11.3 Å². The van der Waals surface area contributed by atoms with Gasteiger partial charge >= 0.3 is 0 Å². The molecule has 0 fully saturated rings. The van der Waals surface area contributed by atoms with E-state index in [1.54, 1.807) is 0 Å². The average molecular weight is 845 g/mol. The highest BCUT2D eigenvalue weighted by Gasteiger charge is 2.23. The van der Waals surface area contributed by atoms with Crippen LogP contribution in [0.2, 0.25) is 0 Å². The molecule has 65 heavy (non-hydrogen) atoms. The lowest BCUT2D eigenvalue weighted by atomic mass is 9.85. The van der Waals surface area contributed by atoms with Crippen LogP contribution in [0.25, 0.3) is 141 Å². The van der Waals surface area contributed by atoms with E-state index in [-0.39, 0.29) is 0 Å². The van der Waals surface area contributed by atoms with Crippen LogP contribution in [0.1, 0.15) is 0 Å². The third kappa shape index (κ3) is 5.53. The number of para-hydroxylation sites is 1. The second kappa shape index (κ2) is 14.1. The van der Waals surface area contributed by atoms with Gasteiger partial charge in [-0.2, -0.15) is 0 Å². The van der Waals surface area contributed by atoms with Gasteiger partial charge in [0.15, 0.2) is 0 Å². The summed E-state index contributed by atoms with van der Waals surface area (Å²) in [5.41, 5.74) is 14.4. The number of hydrogen-bond donors (Lipinski definition) is 0. The molecule has 0 unspecified atom stereocenters. The summed E-state index contributed by atoms with van der Waals surface area (Å²) < 4.78 is 14.9. The molecule has 0 bridgehead atoms. The minimum absolute atomic E-state index is 0.894. The minimum atomic E-state index is 0.894. The third-order valence-corrected chi connectivity index (χ3v) is 14.7. The molecule has 0 saturated carbocycles. The first-order chi connectivity index (χ1) is 32.2. The number of hydrogen-bond acceptors (Lipinski definition) is 3. The lowest BCUT2D eigenvalue weighted by Crippen LogP contribution is -1.91. The number of furan rings is 2. The summed E-state index contributed by atoms with van der Waals surface area (Å²) in [5.74, 6) is 0. The van der Waals surface area contributed by atoms with E-state index in [0.29, 0.717) is 0 Å². The predicted molar refractivity (Wildman–Crippen MR) is 276 cm³/mol. The molecule has 3 heteroatoms. The van der Waals surface area contributed by atoms with E-state index in [2.05, 4.69) is 218 Å². The Balaban J connectivity index is 0.964. The van der Waals surface area contributed by atoms with Crippen LogP contribution in [-0.4, -0.2) is 0 Å². The zero-order chi connectivity index (χ0) is 42.6. The maximum Gasteiger partial charge on any atom is 0.143 e. The number of benzene rings is 11. The Morgan fingerprint density at radius 2 is 0.831 bits per heavy atom. The molecule has 11 aromatic carbocycles. The van der Waals surface area contributed by atoms with Gasteiger partial charge in [-0.1, -0.05) is 188 Å². The summed E-state index contributed by atoms with van der Waals surface area (Å²) in [5, 5.41) is 12.8. The number of thiophene rings is 1. The summed E-state index contributed by atoms with van der Waals surface area (Å²) in [7, 11) is 0. The minimum Gasteiger partial charge on any atom is -0.455 e. The second-order valence-corrected chi connectivity index (χ2v) is 18.1. The molecule has 0 atom stereocenters. The Hall–Kier alpha value is -8.24. The molecule has 0 saturated heterocycles. The SMILES string of the molecule is c1ccc(-c2ccc(-c3sc4cc5oc6c(-c7c8ccccc8c(-c8ccc9oc%10c%11ccccc%11ccc%10c9c8)c8ccccc78)cccc6c5cc4c3-c3ccccc3)cc2)cc1. The van der Waals surface area contributed by atoms with Crippen LogP contribution in [0, 0.1) is 0 Å². The van der Waals surface area contributed by atoms with Crippen molar-refractivity contribution in [1.29, 1.82) is 0 Å². The maximum atomic E-state index is 7.09. The van der Waals surface area contributed by atoms with E-state index < -0.39 is 0 Å². The van der Waals surface area contributed by atoms with Crippen molar-refractivity contribution in [2.45, 2.75) is 0 Å². The van der Waals surface area contributed by atoms with Crippen LogP contribution in [-0.2, 0) is 0 Å². The quantitative estimate of drug-likeness (QED) is 0.161. The van der Waals surface area contributed by atoms with Crippen molar-refractivity contribution in [1.82, 2.24) is 0 Å². The highest BCUT2D eigenvalue weighted by molar-refractivity contribution is 7.23. The van der Waals surface area contributed by atoms with Gasteiger partial charge in [-0.05, 0) is 90.6 Å². The molecule has 0 radical (unpaired) electrons. The van der Waals surface area contributed by atoms with Gasteiger partial charge in [0.05, 0.1) is 0 Å². The summed E-state index contributed by atoms with van der Waals surface area (Å²) in [6, 6.07) is 79.0. The molecule has 0 aliphatic carbocycles. The lowest BCUT2D eigenvalue weighted by molar-refractivity contribution is 0.670. The Labute approximate surface area is 377 Å². The highest BCUT2D eigenvalue weighted by Crippen LogP contribution is 2.50. The van der Waals surface area contributed by atoms with Gasteiger partial charge < -0.3 is 8.83 Å². The average Bonchev–Trinajstić information content (AvgIpc) is 4.06. The maximum absolute atomic E-state index is 7.09. The van der Waals surface area contributed by atoms with Gasteiger partial charge in [0.1, 0.15) is 22.3 Å². The van der Waals surface area contributed by atoms with Crippen molar-refractivity contribution in [3.63, 3.8) is 0 Å². The van der Waals surface area contributed by atoms with Crippen LogP contribution in [0.15, 0.2) is 227 Å². The van der Waals surface area contributed by atoms with E-state index in [0.717, 1.165) is 60.4 Å². The van der Waals surface area contributed by atoms with Crippen LogP contribution < -0.4 is 0 Å². The van der Waals surface area contributed by atoms with Gasteiger partial charge in [-0.15, -0.1) is 11.3 Å². The molecule has 14 aromatic rings. The van der Waals surface area contributed by atoms with Gasteiger partial charge in [-0.25, -0.2) is 0 Å². The fourth-order valence-electron chi connectivity index (χ4n) is 10.5. The molecule has 3 heterocycles. The normalized spacial score (nSPS) is 12.0. The Kier molecular flexibility index (Phi) is 7.89. The molecule has 0 aliphatic rings. The van der Waals surface area contributed by atoms with Crippen molar-refractivity contribution in [2.24, 2.45) is 0 Å². The monoisotopic (exact) mass is 844 g/mol. The van der Waals surface area contributed by atoms with Gasteiger partial charge in [0.2, 0.25) is 0 Å². The summed E-state index contributed by atoms with van der Waals surface area (Å²) in [6.45, 7) is 0. The fraction of sp³-hybridized carbons (Fsp3) is 0. The van der Waals surface area contributed by atoms with Crippen LogP contribution in [0.4, 0.5) is 0 Å². The molecule has 0 spiro atoms. The smallest absolute Gasteiger partial charge is 0.143 e. The Morgan fingerprint density at radius 1 is 0.277 bits per heavy atom. The number of rotatable bonds is 5. The van der Waals surface area contributed by atoms with E-state index >= 15 is 0 Å². The van der Waals surface area contributed by atoms with Gasteiger partial charge in [0, 0.05) is 58.6 Å². The third-order valence-electron chi connectivity index (χ3n) is 13.5.